The molecule has 0 spiro atoms. The van der Waals surface area contributed by atoms with E-state index >= 15 is 0 Å². The quantitative estimate of drug-likeness (QED) is 0.697. The van der Waals surface area contributed by atoms with Gasteiger partial charge in [-0.05, 0) is 40.1 Å². The predicted octanol–water partition coefficient (Wildman–Crippen LogP) is 2.82. The summed E-state index contributed by atoms with van der Waals surface area (Å²) < 4.78 is 0. The molecule has 23 heavy (non-hydrogen) atoms. The third-order valence-corrected chi connectivity index (χ3v) is 4.17. The lowest BCUT2D eigenvalue weighted by molar-refractivity contribution is 0.374. The second kappa shape index (κ2) is 6.38. The van der Waals surface area contributed by atoms with Crippen molar-refractivity contribution in [3.05, 3.63) is 46.5 Å². The van der Waals surface area contributed by atoms with Gasteiger partial charge in [-0.25, -0.2) is 0 Å². The first-order chi connectivity index (χ1) is 10.7. The molecule has 124 valence electrons. The number of hydrogen-bond acceptors (Lipinski definition) is 5. The highest BCUT2D eigenvalue weighted by atomic mass is 16.3. The highest BCUT2D eigenvalue weighted by molar-refractivity contribution is 5.56. The minimum atomic E-state index is -0.302. The Balaban J connectivity index is 2.64. The third kappa shape index (κ3) is 3.19. The van der Waals surface area contributed by atoms with Crippen LogP contribution < -0.4 is 0 Å². The lowest BCUT2D eigenvalue weighted by Gasteiger charge is -2.25. The number of nitrogens with zero attached hydrogens (tertiary/aromatic N) is 1. The van der Waals surface area contributed by atoms with E-state index in [0.29, 0.717) is 28.8 Å². The highest BCUT2D eigenvalue weighted by Gasteiger charge is 2.24. The highest BCUT2D eigenvalue weighted by Crippen LogP contribution is 2.42. The molecule has 5 heteroatoms. The number of aromatic hydroxyl groups is 4. The average molecular weight is 317 g/mol. The fraction of sp³-hybridized carbons (Fsp3) is 0.333. The number of hydrogen-bond donors (Lipinski definition) is 4. The zero-order valence-corrected chi connectivity index (χ0v) is 13.8. The minimum absolute atomic E-state index is 0.0157. The van der Waals surface area contributed by atoms with Gasteiger partial charge in [0.2, 0.25) is 0 Å². The molecule has 0 saturated heterocycles. The predicted molar refractivity (Wildman–Crippen MR) is 89.4 cm³/mol. The number of benzene rings is 2. The summed E-state index contributed by atoms with van der Waals surface area (Å²) in [5.41, 5.74) is 2.05. The molecule has 0 radical (unpaired) electrons. The molecule has 0 amide bonds. The topological polar surface area (TPSA) is 84.2 Å². The summed E-state index contributed by atoms with van der Waals surface area (Å²) in [6.07, 6.45) is 0. The van der Waals surface area contributed by atoms with Crippen LogP contribution in [0.4, 0.5) is 0 Å². The maximum Gasteiger partial charge on any atom is 0.126 e. The van der Waals surface area contributed by atoms with Crippen LogP contribution in [0.15, 0.2) is 24.3 Å². The van der Waals surface area contributed by atoms with Crippen molar-refractivity contribution in [3.63, 3.8) is 0 Å². The van der Waals surface area contributed by atoms with Gasteiger partial charge in [-0.15, -0.1) is 0 Å². The minimum Gasteiger partial charge on any atom is -0.508 e. The van der Waals surface area contributed by atoms with Gasteiger partial charge in [-0.1, -0.05) is 12.1 Å². The summed E-state index contributed by atoms with van der Waals surface area (Å²) in [4.78, 5) is 1.95. The van der Waals surface area contributed by atoms with E-state index in [4.69, 9.17) is 0 Å². The summed E-state index contributed by atoms with van der Waals surface area (Å²) in [6, 6.07) is 6.40. The van der Waals surface area contributed by atoms with Crippen molar-refractivity contribution >= 4 is 0 Å². The van der Waals surface area contributed by atoms with Crippen LogP contribution >= 0.6 is 0 Å². The molecule has 0 heterocycles. The van der Waals surface area contributed by atoms with E-state index in [2.05, 4.69) is 0 Å². The van der Waals surface area contributed by atoms with Gasteiger partial charge in [0, 0.05) is 34.7 Å². The van der Waals surface area contributed by atoms with Crippen LogP contribution in [0.2, 0.25) is 0 Å². The summed E-state index contributed by atoms with van der Waals surface area (Å²) in [5, 5.41) is 40.3. The van der Waals surface area contributed by atoms with Gasteiger partial charge < -0.3 is 25.3 Å². The van der Waals surface area contributed by atoms with Crippen molar-refractivity contribution in [1.29, 1.82) is 0 Å². The molecule has 0 unspecified atom stereocenters. The van der Waals surface area contributed by atoms with Crippen LogP contribution in [0.3, 0.4) is 0 Å². The molecule has 0 aliphatic carbocycles. The van der Waals surface area contributed by atoms with Gasteiger partial charge in [0.15, 0.2) is 0 Å². The molecule has 2 rings (SSSR count). The standard InChI is InChI=1S/C18H23NO4/c1-10-15(20)7-5-12(17(10)22)14(9-19(3)4)13-6-8-16(21)11(2)18(13)23/h5-8,14,20-23H,9H2,1-4H3. The van der Waals surface area contributed by atoms with Crippen LogP contribution in [-0.2, 0) is 0 Å². The first kappa shape index (κ1) is 17.0. The first-order valence-electron chi connectivity index (χ1n) is 7.41. The van der Waals surface area contributed by atoms with E-state index < -0.39 is 0 Å². The summed E-state index contributed by atoms with van der Waals surface area (Å²) >= 11 is 0. The Morgan fingerprint density at radius 3 is 1.52 bits per heavy atom. The molecule has 2 aromatic rings. The number of phenols is 4. The Bertz CT molecular complexity index is 668. The van der Waals surface area contributed by atoms with E-state index in [9.17, 15) is 20.4 Å². The Kier molecular flexibility index (Phi) is 4.71. The van der Waals surface area contributed by atoms with Crippen LogP contribution in [0, 0.1) is 13.8 Å². The average Bonchev–Trinajstić information content (AvgIpc) is 2.49. The van der Waals surface area contributed by atoms with Crippen molar-refractivity contribution in [1.82, 2.24) is 4.90 Å². The van der Waals surface area contributed by atoms with E-state index in [-0.39, 0.29) is 28.9 Å². The van der Waals surface area contributed by atoms with Gasteiger partial charge >= 0.3 is 0 Å². The molecular weight excluding hydrogens is 294 g/mol. The Hall–Kier alpha value is -2.40. The maximum absolute atomic E-state index is 10.4. The van der Waals surface area contributed by atoms with Gasteiger partial charge in [0.05, 0.1) is 0 Å². The molecule has 4 N–H and O–H groups in total. The van der Waals surface area contributed by atoms with Crippen LogP contribution in [-0.4, -0.2) is 46.0 Å². The Morgan fingerprint density at radius 2 is 1.17 bits per heavy atom. The lowest BCUT2D eigenvalue weighted by atomic mass is 9.87. The fourth-order valence-electron chi connectivity index (χ4n) is 2.71. The van der Waals surface area contributed by atoms with E-state index in [1.54, 1.807) is 26.0 Å². The van der Waals surface area contributed by atoms with Crippen LogP contribution in [0.5, 0.6) is 23.0 Å². The maximum atomic E-state index is 10.4. The summed E-state index contributed by atoms with van der Waals surface area (Å²) in [5.74, 6) is -0.213. The first-order valence-corrected chi connectivity index (χ1v) is 7.41. The zero-order chi connectivity index (χ0) is 17.3. The zero-order valence-electron chi connectivity index (χ0n) is 13.8. The molecule has 0 aromatic heterocycles. The van der Waals surface area contributed by atoms with Gasteiger partial charge in [0.1, 0.15) is 23.0 Å². The largest absolute Gasteiger partial charge is 0.508 e. The van der Waals surface area contributed by atoms with E-state index in [0.717, 1.165) is 0 Å². The number of phenolic OH excluding ortho intramolecular Hbond substituents is 4. The molecule has 0 saturated carbocycles. The Morgan fingerprint density at radius 1 is 0.783 bits per heavy atom. The lowest BCUT2D eigenvalue weighted by Crippen LogP contribution is -2.21. The number of rotatable bonds is 4. The van der Waals surface area contributed by atoms with Crippen LogP contribution in [0.1, 0.15) is 28.2 Å². The molecule has 0 aliphatic rings. The van der Waals surface area contributed by atoms with Crippen molar-refractivity contribution in [2.45, 2.75) is 19.8 Å². The third-order valence-electron chi connectivity index (χ3n) is 4.17. The summed E-state index contributed by atoms with van der Waals surface area (Å²) in [7, 11) is 3.81. The molecule has 5 nitrogen and oxygen atoms in total. The van der Waals surface area contributed by atoms with E-state index in [1.807, 2.05) is 19.0 Å². The SMILES string of the molecule is Cc1c(O)ccc(C(CN(C)C)c2ccc(O)c(C)c2O)c1O. The molecular formula is C18H23NO4. The van der Waals surface area contributed by atoms with Crippen molar-refractivity contribution < 1.29 is 20.4 Å². The van der Waals surface area contributed by atoms with Crippen molar-refractivity contribution in [2.24, 2.45) is 0 Å². The second-order valence-corrected chi connectivity index (χ2v) is 6.11. The van der Waals surface area contributed by atoms with E-state index in [1.165, 1.54) is 12.1 Å². The van der Waals surface area contributed by atoms with Crippen molar-refractivity contribution in [3.8, 4) is 23.0 Å². The molecule has 0 bridgehead atoms. The molecule has 0 fully saturated rings. The normalized spacial score (nSPS) is 11.4. The summed E-state index contributed by atoms with van der Waals surface area (Å²) in [6.45, 7) is 3.83. The Labute approximate surface area is 136 Å². The fourth-order valence-corrected chi connectivity index (χ4v) is 2.71. The number of likely N-dealkylation sites (N-methyl/N-ethyl adjacent to an activating group) is 1. The monoisotopic (exact) mass is 317 g/mol. The van der Waals surface area contributed by atoms with Gasteiger partial charge in [0.25, 0.3) is 0 Å². The van der Waals surface area contributed by atoms with Gasteiger partial charge in [-0.3, -0.25) is 0 Å². The molecule has 0 atom stereocenters. The van der Waals surface area contributed by atoms with Crippen molar-refractivity contribution in [2.75, 3.05) is 20.6 Å². The molecule has 0 aliphatic heterocycles. The second-order valence-electron chi connectivity index (χ2n) is 6.11. The molecule has 2 aromatic carbocycles. The smallest absolute Gasteiger partial charge is 0.126 e. The van der Waals surface area contributed by atoms with Crippen LogP contribution in [0.25, 0.3) is 0 Å². The van der Waals surface area contributed by atoms with Gasteiger partial charge in [-0.2, -0.15) is 0 Å².